The van der Waals surface area contributed by atoms with Gasteiger partial charge in [0.25, 0.3) is 0 Å². The molecule has 166 valence electrons. The summed E-state index contributed by atoms with van der Waals surface area (Å²) in [7, 11) is 0. The predicted molar refractivity (Wildman–Crippen MR) is 130 cm³/mol. The summed E-state index contributed by atoms with van der Waals surface area (Å²) >= 11 is 12.5. The van der Waals surface area contributed by atoms with Crippen LogP contribution in [-0.2, 0) is 19.6 Å². The van der Waals surface area contributed by atoms with E-state index in [9.17, 15) is 0 Å². The summed E-state index contributed by atoms with van der Waals surface area (Å²) in [6.45, 7) is 4.30. The molecule has 7 heteroatoms. The summed E-state index contributed by atoms with van der Waals surface area (Å²) in [4.78, 5) is 7.96. The fraction of sp³-hybridized carbons (Fsp3) is 0.240. The maximum Gasteiger partial charge on any atom is 0.180 e. The number of benzene rings is 3. The molecule has 5 nitrogen and oxygen atoms in total. The fourth-order valence-corrected chi connectivity index (χ4v) is 3.84. The van der Waals surface area contributed by atoms with Crippen molar-refractivity contribution in [2.45, 2.75) is 26.5 Å². The number of nitrogens with zero attached hydrogens (tertiary/aromatic N) is 1. The van der Waals surface area contributed by atoms with Gasteiger partial charge in [0, 0.05) is 24.5 Å². The van der Waals surface area contributed by atoms with E-state index < -0.39 is 0 Å². The molecular weight excluding hydrogens is 445 g/mol. The second-order valence-electron chi connectivity index (χ2n) is 7.38. The molecule has 0 bridgehead atoms. The minimum Gasteiger partial charge on any atom is -0.490 e. The van der Waals surface area contributed by atoms with E-state index in [4.69, 9.17) is 32.7 Å². The first-order valence-electron chi connectivity index (χ1n) is 10.6. The van der Waals surface area contributed by atoms with Crippen LogP contribution in [-0.4, -0.2) is 23.1 Å². The molecule has 32 heavy (non-hydrogen) atoms. The summed E-state index contributed by atoms with van der Waals surface area (Å²) in [6.07, 6.45) is 0.809. The molecule has 1 aromatic heterocycles. The Morgan fingerprint density at radius 3 is 2.56 bits per heavy atom. The van der Waals surface area contributed by atoms with Crippen LogP contribution in [0.25, 0.3) is 11.0 Å². The Labute approximate surface area is 197 Å². The number of aromatic amines is 1. The monoisotopic (exact) mass is 469 g/mol. The maximum atomic E-state index is 6.55. The van der Waals surface area contributed by atoms with Crippen LogP contribution < -0.4 is 14.8 Å². The molecule has 4 aromatic rings. The highest BCUT2D eigenvalue weighted by atomic mass is 35.5. The van der Waals surface area contributed by atoms with Crippen molar-refractivity contribution in [1.82, 2.24) is 15.3 Å². The van der Waals surface area contributed by atoms with Gasteiger partial charge in [0.2, 0.25) is 0 Å². The van der Waals surface area contributed by atoms with Gasteiger partial charge in [-0.1, -0.05) is 47.5 Å². The van der Waals surface area contributed by atoms with E-state index in [1.165, 1.54) is 0 Å². The SMILES string of the molecule is CCOc1cc(CNCCc2nc3ccccc3[nH]2)cc(Cl)c1OCc1ccc(Cl)cc1. The molecule has 0 aliphatic heterocycles. The average Bonchev–Trinajstić information content (AvgIpc) is 3.20. The smallest absolute Gasteiger partial charge is 0.180 e. The lowest BCUT2D eigenvalue weighted by atomic mass is 10.2. The van der Waals surface area contributed by atoms with Crippen LogP contribution in [0.3, 0.4) is 0 Å². The molecule has 0 saturated heterocycles. The van der Waals surface area contributed by atoms with E-state index in [0.717, 1.165) is 41.0 Å². The summed E-state index contributed by atoms with van der Waals surface area (Å²) in [5.41, 5.74) is 4.08. The maximum absolute atomic E-state index is 6.55. The van der Waals surface area contributed by atoms with Crippen molar-refractivity contribution in [2.75, 3.05) is 13.2 Å². The quantitative estimate of drug-likeness (QED) is 0.272. The lowest BCUT2D eigenvalue weighted by molar-refractivity contribution is 0.269. The van der Waals surface area contributed by atoms with Gasteiger partial charge in [-0.3, -0.25) is 0 Å². The van der Waals surface area contributed by atoms with E-state index >= 15 is 0 Å². The number of halogens is 2. The zero-order chi connectivity index (χ0) is 22.3. The van der Waals surface area contributed by atoms with Gasteiger partial charge in [0.15, 0.2) is 11.5 Å². The summed E-state index contributed by atoms with van der Waals surface area (Å²) < 4.78 is 11.8. The highest BCUT2D eigenvalue weighted by Crippen LogP contribution is 2.37. The first-order chi connectivity index (χ1) is 15.6. The van der Waals surface area contributed by atoms with Crippen molar-refractivity contribution in [3.05, 3.63) is 87.7 Å². The highest BCUT2D eigenvalue weighted by Gasteiger charge is 2.13. The standard InChI is InChI=1S/C25H25Cl2N3O2/c1-2-31-23-14-18(13-20(27)25(23)32-16-17-7-9-19(26)10-8-17)15-28-12-11-24-29-21-5-3-4-6-22(21)30-24/h3-10,13-14,28H,2,11-12,15-16H2,1H3,(H,29,30). The van der Waals surface area contributed by atoms with E-state index in [1.807, 2.05) is 67.6 Å². The van der Waals surface area contributed by atoms with E-state index in [1.54, 1.807) is 0 Å². The van der Waals surface area contributed by atoms with Crippen LogP contribution in [0.2, 0.25) is 10.0 Å². The summed E-state index contributed by atoms with van der Waals surface area (Å²) in [5, 5.41) is 4.67. The average molecular weight is 470 g/mol. The van der Waals surface area contributed by atoms with Crippen LogP contribution in [0.5, 0.6) is 11.5 Å². The van der Waals surface area contributed by atoms with Gasteiger partial charge < -0.3 is 19.8 Å². The minimum atomic E-state index is 0.381. The van der Waals surface area contributed by atoms with Gasteiger partial charge in [0.05, 0.1) is 22.7 Å². The first-order valence-corrected chi connectivity index (χ1v) is 11.3. The molecule has 0 aliphatic carbocycles. The molecule has 4 rings (SSSR count). The summed E-state index contributed by atoms with van der Waals surface area (Å²) in [5.74, 6) is 2.16. The zero-order valence-corrected chi connectivity index (χ0v) is 19.3. The number of para-hydroxylation sites is 2. The number of nitrogens with one attached hydrogen (secondary N) is 2. The third-order valence-corrected chi connectivity index (χ3v) is 5.50. The van der Waals surface area contributed by atoms with Crippen LogP contribution >= 0.6 is 23.2 Å². The van der Waals surface area contributed by atoms with Gasteiger partial charge in [-0.25, -0.2) is 4.98 Å². The normalized spacial score (nSPS) is 11.1. The first kappa shape index (κ1) is 22.5. The molecule has 1 heterocycles. The second-order valence-corrected chi connectivity index (χ2v) is 8.22. The van der Waals surface area contributed by atoms with Crippen molar-refractivity contribution in [1.29, 1.82) is 0 Å². The summed E-state index contributed by atoms with van der Waals surface area (Å²) in [6, 6.07) is 19.5. The lowest BCUT2D eigenvalue weighted by Gasteiger charge is -2.16. The molecule has 0 amide bonds. The second kappa shape index (κ2) is 10.7. The lowest BCUT2D eigenvalue weighted by Crippen LogP contribution is -2.17. The Balaban J connectivity index is 1.36. The molecular formula is C25H25Cl2N3O2. The number of aromatic nitrogens is 2. The fourth-order valence-electron chi connectivity index (χ4n) is 3.43. The highest BCUT2D eigenvalue weighted by molar-refractivity contribution is 6.32. The number of hydrogen-bond acceptors (Lipinski definition) is 4. The number of fused-ring (bicyclic) bond motifs is 1. The van der Waals surface area contributed by atoms with Gasteiger partial charge in [0.1, 0.15) is 12.4 Å². The predicted octanol–water partition coefficient (Wildman–Crippen LogP) is 6.18. The van der Waals surface area contributed by atoms with Crippen molar-refractivity contribution in [2.24, 2.45) is 0 Å². The Hall–Kier alpha value is -2.73. The van der Waals surface area contributed by atoms with Crippen molar-refractivity contribution < 1.29 is 9.47 Å². The third kappa shape index (κ3) is 5.74. The largest absolute Gasteiger partial charge is 0.490 e. The Kier molecular flexibility index (Phi) is 7.53. The molecule has 0 saturated carbocycles. The van der Waals surface area contributed by atoms with Gasteiger partial charge in [-0.05, 0) is 54.4 Å². The van der Waals surface area contributed by atoms with Crippen molar-refractivity contribution >= 4 is 34.2 Å². The number of rotatable bonds is 10. The Bertz CT molecular complexity index is 1140. The molecule has 3 aromatic carbocycles. The Morgan fingerprint density at radius 1 is 0.969 bits per heavy atom. The molecule has 0 radical (unpaired) electrons. The van der Waals surface area contributed by atoms with Crippen molar-refractivity contribution in [3.8, 4) is 11.5 Å². The molecule has 0 aliphatic rings. The van der Waals surface area contributed by atoms with Crippen molar-refractivity contribution in [3.63, 3.8) is 0 Å². The number of hydrogen-bond donors (Lipinski definition) is 2. The zero-order valence-electron chi connectivity index (χ0n) is 17.8. The van der Waals surface area contributed by atoms with E-state index in [0.29, 0.717) is 41.3 Å². The van der Waals surface area contributed by atoms with E-state index in [-0.39, 0.29) is 0 Å². The van der Waals surface area contributed by atoms with Gasteiger partial charge >= 0.3 is 0 Å². The molecule has 0 unspecified atom stereocenters. The Morgan fingerprint density at radius 2 is 1.78 bits per heavy atom. The van der Waals surface area contributed by atoms with Crippen LogP contribution in [0.1, 0.15) is 23.9 Å². The van der Waals surface area contributed by atoms with Crippen LogP contribution in [0.4, 0.5) is 0 Å². The van der Waals surface area contributed by atoms with Crippen LogP contribution in [0.15, 0.2) is 60.7 Å². The molecule has 0 spiro atoms. The molecule has 2 N–H and O–H groups in total. The number of ether oxygens (including phenoxy) is 2. The topological polar surface area (TPSA) is 59.2 Å². The molecule has 0 atom stereocenters. The molecule has 0 fully saturated rings. The van der Waals surface area contributed by atoms with Crippen LogP contribution in [0, 0.1) is 0 Å². The minimum absolute atomic E-state index is 0.381. The van der Waals surface area contributed by atoms with E-state index in [2.05, 4.69) is 15.3 Å². The third-order valence-electron chi connectivity index (χ3n) is 4.97. The number of imidazole rings is 1. The van der Waals surface area contributed by atoms with Gasteiger partial charge in [-0.15, -0.1) is 0 Å². The number of H-pyrrole nitrogens is 1. The van der Waals surface area contributed by atoms with Gasteiger partial charge in [-0.2, -0.15) is 0 Å².